The number of ether oxygens (including phenoxy) is 1. The summed E-state index contributed by atoms with van der Waals surface area (Å²) in [5.41, 5.74) is 1.97. The van der Waals surface area contributed by atoms with Crippen molar-refractivity contribution in [3.05, 3.63) is 70.0 Å². The van der Waals surface area contributed by atoms with Gasteiger partial charge in [0, 0.05) is 18.3 Å². The van der Waals surface area contributed by atoms with E-state index in [1.165, 1.54) is 10.7 Å². The summed E-state index contributed by atoms with van der Waals surface area (Å²) >= 11 is 3.19. The summed E-state index contributed by atoms with van der Waals surface area (Å²) in [6.07, 6.45) is 0. The predicted molar refractivity (Wildman–Crippen MR) is 128 cm³/mol. The van der Waals surface area contributed by atoms with E-state index >= 15 is 0 Å². The van der Waals surface area contributed by atoms with Crippen LogP contribution in [0.5, 0.6) is 5.75 Å². The van der Waals surface area contributed by atoms with Gasteiger partial charge in [-0.3, -0.25) is 4.79 Å². The minimum absolute atomic E-state index is 0.230. The van der Waals surface area contributed by atoms with Crippen LogP contribution in [0.15, 0.2) is 58.7 Å². The van der Waals surface area contributed by atoms with Crippen LogP contribution >= 0.6 is 22.7 Å². The molecule has 0 atom stereocenters. The number of thiophene rings is 1. The van der Waals surface area contributed by atoms with Gasteiger partial charge in [0.2, 0.25) is 0 Å². The molecule has 0 radical (unpaired) electrons. The number of rotatable bonds is 7. The summed E-state index contributed by atoms with van der Waals surface area (Å²) < 4.78 is 6.45. The van der Waals surface area contributed by atoms with Crippen LogP contribution in [0.25, 0.3) is 20.5 Å². The van der Waals surface area contributed by atoms with Crippen molar-refractivity contribution < 1.29 is 9.53 Å². The maximum absolute atomic E-state index is 12.3. The molecular formula is C22H21N5O3S2. The van der Waals surface area contributed by atoms with Gasteiger partial charge in [0.15, 0.2) is 0 Å². The van der Waals surface area contributed by atoms with E-state index in [1.807, 2.05) is 24.4 Å². The number of aryl methyl sites for hydroxylation is 1. The number of nitrogens with one attached hydrogen (secondary N) is 2. The Balaban J connectivity index is 1.40. The maximum Gasteiger partial charge on any atom is 0.319 e. The van der Waals surface area contributed by atoms with Crippen molar-refractivity contribution in [2.24, 2.45) is 0 Å². The summed E-state index contributed by atoms with van der Waals surface area (Å²) in [4.78, 5) is 31.1. The normalized spacial score (nSPS) is 10.7. The Hall–Kier alpha value is -3.50. The van der Waals surface area contributed by atoms with Gasteiger partial charge in [0.25, 0.3) is 5.56 Å². The Morgan fingerprint density at radius 1 is 1.16 bits per heavy atom. The molecule has 32 heavy (non-hydrogen) atoms. The second kappa shape index (κ2) is 9.75. The van der Waals surface area contributed by atoms with Crippen molar-refractivity contribution in [3.63, 3.8) is 0 Å². The first-order chi connectivity index (χ1) is 15.5. The number of aromatic nitrogens is 3. The molecular weight excluding hydrogens is 446 g/mol. The molecule has 2 amide bonds. The third-order valence-electron chi connectivity index (χ3n) is 4.58. The van der Waals surface area contributed by atoms with Gasteiger partial charge in [-0.25, -0.2) is 14.5 Å². The van der Waals surface area contributed by atoms with Crippen LogP contribution in [0.2, 0.25) is 0 Å². The number of carbonyl (C=O) groups is 1. The van der Waals surface area contributed by atoms with Gasteiger partial charge in [-0.15, -0.1) is 22.7 Å². The van der Waals surface area contributed by atoms with E-state index in [-0.39, 0.29) is 24.7 Å². The van der Waals surface area contributed by atoms with E-state index in [9.17, 15) is 9.59 Å². The monoisotopic (exact) mass is 467 g/mol. The Kier molecular flexibility index (Phi) is 6.62. The zero-order chi connectivity index (χ0) is 22.5. The second-order valence-electron chi connectivity index (χ2n) is 6.80. The number of amides is 2. The Bertz CT molecular complexity index is 1260. The lowest BCUT2D eigenvalue weighted by molar-refractivity contribution is 0.251. The van der Waals surface area contributed by atoms with Crippen LogP contribution in [-0.2, 0) is 6.54 Å². The van der Waals surface area contributed by atoms with E-state index < -0.39 is 0 Å². The van der Waals surface area contributed by atoms with Crippen molar-refractivity contribution in [2.75, 3.05) is 19.0 Å². The maximum atomic E-state index is 12.3. The molecule has 0 saturated carbocycles. The highest BCUT2D eigenvalue weighted by Gasteiger charge is 2.14. The number of hydrogen-bond acceptors (Lipinski definition) is 7. The minimum Gasteiger partial charge on any atom is -0.497 e. The fraction of sp³-hybridized carbons (Fsp3) is 0.182. The average Bonchev–Trinajstić information content (AvgIpc) is 3.45. The van der Waals surface area contributed by atoms with Crippen LogP contribution < -0.4 is 20.9 Å². The third kappa shape index (κ3) is 5.04. The molecule has 0 aliphatic rings. The van der Waals surface area contributed by atoms with Crippen molar-refractivity contribution in [1.29, 1.82) is 0 Å². The zero-order valence-corrected chi connectivity index (χ0v) is 19.1. The number of hydrogen-bond donors (Lipinski definition) is 2. The van der Waals surface area contributed by atoms with Crippen LogP contribution in [0.4, 0.5) is 10.5 Å². The number of carbonyl (C=O) groups excluding carboxylic acids is 1. The van der Waals surface area contributed by atoms with Crippen LogP contribution in [0, 0.1) is 6.92 Å². The second-order valence-corrected chi connectivity index (χ2v) is 8.75. The standard InChI is InChI=1S/C22H21N5O3S2/c1-14-20(32-21(24-14)18-4-3-13-31-18)17-9-10-19(28)27(26-17)12-11-23-22(29)25-15-5-7-16(30-2)8-6-15/h3-10,13H,11-12H2,1-2H3,(H2,23,25,29). The molecule has 164 valence electrons. The number of nitrogens with zero attached hydrogens (tertiary/aromatic N) is 3. The Labute approximate surface area is 192 Å². The Morgan fingerprint density at radius 3 is 2.69 bits per heavy atom. The molecule has 0 bridgehead atoms. The molecule has 0 fully saturated rings. The highest BCUT2D eigenvalue weighted by Crippen LogP contribution is 2.35. The first-order valence-electron chi connectivity index (χ1n) is 9.82. The van der Waals surface area contributed by atoms with E-state index in [0.29, 0.717) is 17.1 Å². The molecule has 3 heterocycles. The van der Waals surface area contributed by atoms with Crippen molar-refractivity contribution >= 4 is 34.4 Å². The lowest BCUT2D eigenvalue weighted by atomic mass is 10.3. The average molecular weight is 468 g/mol. The molecule has 4 rings (SSSR count). The fourth-order valence-electron chi connectivity index (χ4n) is 2.99. The number of methoxy groups -OCH3 is 1. The molecule has 2 N–H and O–H groups in total. The number of thiazole rings is 1. The molecule has 3 aromatic heterocycles. The number of anilines is 1. The van der Waals surface area contributed by atoms with Gasteiger partial charge < -0.3 is 15.4 Å². The van der Waals surface area contributed by atoms with E-state index in [4.69, 9.17) is 4.74 Å². The first-order valence-corrected chi connectivity index (χ1v) is 11.5. The largest absolute Gasteiger partial charge is 0.497 e. The summed E-state index contributed by atoms with van der Waals surface area (Å²) in [7, 11) is 1.58. The van der Waals surface area contributed by atoms with Crippen molar-refractivity contribution in [2.45, 2.75) is 13.5 Å². The van der Waals surface area contributed by atoms with Gasteiger partial charge in [0.05, 0.1) is 29.1 Å². The molecule has 10 heteroatoms. The molecule has 0 aliphatic carbocycles. The van der Waals surface area contributed by atoms with Crippen LogP contribution in [0.1, 0.15) is 5.69 Å². The predicted octanol–water partition coefficient (Wildman–Crippen LogP) is 4.23. The third-order valence-corrected chi connectivity index (χ3v) is 6.80. The SMILES string of the molecule is COc1ccc(NC(=O)NCCn2nc(-c3sc(-c4cccs4)nc3C)ccc2=O)cc1. The topological polar surface area (TPSA) is 98.1 Å². The Morgan fingerprint density at radius 2 is 1.97 bits per heavy atom. The van der Waals surface area contributed by atoms with E-state index in [0.717, 1.165) is 20.5 Å². The highest BCUT2D eigenvalue weighted by molar-refractivity contribution is 7.23. The summed E-state index contributed by atoms with van der Waals surface area (Å²) in [6.45, 7) is 2.43. The molecule has 0 unspecified atom stereocenters. The highest BCUT2D eigenvalue weighted by atomic mass is 32.1. The zero-order valence-electron chi connectivity index (χ0n) is 17.5. The van der Waals surface area contributed by atoms with Gasteiger partial charge >= 0.3 is 6.03 Å². The summed E-state index contributed by atoms with van der Waals surface area (Å²) in [6, 6.07) is 13.9. The quantitative estimate of drug-likeness (QED) is 0.424. The van der Waals surface area contributed by atoms with Gasteiger partial charge in [-0.05, 0) is 48.7 Å². The summed E-state index contributed by atoms with van der Waals surface area (Å²) in [5.74, 6) is 0.708. The number of urea groups is 1. The van der Waals surface area contributed by atoms with E-state index in [1.54, 1.807) is 60.1 Å². The lowest BCUT2D eigenvalue weighted by Crippen LogP contribution is -2.34. The first kappa shape index (κ1) is 21.7. The molecule has 1 aromatic carbocycles. The van der Waals surface area contributed by atoms with Crippen LogP contribution in [0.3, 0.4) is 0 Å². The fourth-order valence-corrected chi connectivity index (χ4v) is 4.82. The van der Waals surface area contributed by atoms with Gasteiger partial charge in [0.1, 0.15) is 16.5 Å². The summed E-state index contributed by atoms with van der Waals surface area (Å²) in [5, 5.41) is 12.9. The van der Waals surface area contributed by atoms with Gasteiger partial charge in [-0.2, -0.15) is 5.10 Å². The molecule has 0 saturated heterocycles. The van der Waals surface area contributed by atoms with Crippen LogP contribution in [-0.4, -0.2) is 34.5 Å². The number of benzene rings is 1. The van der Waals surface area contributed by atoms with Crippen molar-refractivity contribution in [3.8, 4) is 26.2 Å². The van der Waals surface area contributed by atoms with E-state index in [2.05, 4.69) is 20.7 Å². The minimum atomic E-state index is -0.363. The van der Waals surface area contributed by atoms with Gasteiger partial charge in [-0.1, -0.05) is 6.07 Å². The molecule has 8 nitrogen and oxygen atoms in total. The molecule has 0 aliphatic heterocycles. The smallest absolute Gasteiger partial charge is 0.319 e. The molecule has 4 aromatic rings. The lowest BCUT2D eigenvalue weighted by Gasteiger charge is -2.09. The van der Waals surface area contributed by atoms with Crippen molar-refractivity contribution in [1.82, 2.24) is 20.1 Å². The molecule has 0 spiro atoms.